The predicted octanol–water partition coefficient (Wildman–Crippen LogP) is 2.20. The van der Waals surface area contributed by atoms with Gasteiger partial charge in [-0.3, -0.25) is 9.59 Å². The standard InChI is InChI=1S/C18H28O6/c1-2-3-4-7-13(19)10-11-16-14(8-5-6-9-17(21)22)15(20)12-18(23)24-16/h5-6,10-11,13-16,19-20H,2-4,7-9,12H2,1H3,(H,21,22)/b6-5-,11-10+/t13-,14?,15-,16+/m0/s1. The van der Waals surface area contributed by atoms with Crippen molar-refractivity contribution in [1.29, 1.82) is 0 Å². The lowest BCUT2D eigenvalue weighted by Crippen LogP contribution is -2.41. The van der Waals surface area contributed by atoms with E-state index < -0.39 is 30.3 Å². The second-order valence-corrected chi connectivity index (χ2v) is 6.14. The largest absolute Gasteiger partial charge is 0.481 e. The Morgan fingerprint density at radius 3 is 2.79 bits per heavy atom. The molecule has 24 heavy (non-hydrogen) atoms. The van der Waals surface area contributed by atoms with Crippen molar-refractivity contribution >= 4 is 11.9 Å². The van der Waals surface area contributed by atoms with E-state index in [2.05, 4.69) is 6.92 Å². The van der Waals surface area contributed by atoms with Gasteiger partial charge in [0.25, 0.3) is 0 Å². The zero-order chi connectivity index (χ0) is 17.9. The monoisotopic (exact) mass is 340 g/mol. The zero-order valence-electron chi connectivity index (χ0n) is 14.1. The van der Waals surface area contributed by atoms with Crippen molar-refractivity contribution in [3.05, 3.63) is 24.3 Å². The number of ether oxygens (including phenoxy) is 1. The molecule has 0 radical (unpaired) electrons. The summed E-state index contributed by atoms with van der Waals surface area (Å²) >= 11 is 0. The predicted molar refractivity (Wildman–Crippen MR) is 89.3 cm³/mol. The van der Waals surface area contributed by atoms with Crippen LogP contribution in [0.3, 0.4) is 0 Å². The Balaban J connectivity index is 2.62. The summed E-state index contributed by atoms with van der Waals surface area (Å²) in [7, 11) is 0. The van der Waals surface area contributed by atoms with Crippen molar-refractivity contribution in [2.24, 2.45) is 5.92 Å². The molecule has 6 heteroatoms. The number of carboxylic acids is 1. The quantitative estimate of drug-likeness (QED) is 0.320. The number of esters is 1. The lowest BCUT2D eigenvalue weighted by Gasteiger charge is -2.32. The van der Waals surface area contributed by atoms with Crippen LogP contribution in [0.5, 0.6) is 0 Å². The smallest absolute Gasteiger partial charge is 0.309 e. The molecule has 136 valence electrons. The number of hydrogen-bond donors (Lipinski definition) is 3. The fourth-order valence-electron chi connectivity index (χ4n) is 2.68. The highest BCUT2D eigenvalue weighted by molar-refractivity contribution is 5.71. The summed E-state index contributed by atoms with van der Waals surface area (Å²) in [5.41, 5.74) is 0. The van der Waals surface area contributed by atoms with Crippen LogP contribution in [0.15, 0.2) is 24.3 Å². The number of rotatable bonds is 10. The van der Waals surface area contributed by atoms with Crippen LogP contribution >= 0.6 is 0 Å². The van der Waals surface area contributed by atoms with Crippen LogP contribution < -0.4 is 0 Å². The molecule has 1 fully saturated rings. The number of carbonyl (C=O) groups is 2. The molecule has 3 N–H and O–H groups in total. The van der Waals surface area contributed by atoms with Gasteiger partial charge in [-0.05, 0) is 18.9 Å². The first-order chi connectivity index (χ1) is 11.4. The third-order valence-corrected chi connectivity index (χ3v) is 4.05. The number of hydrogen-bond acceptors (Lipinski definition) is 5. The van der Waals surface area contributed by atoms with Gasteiger partial charge < -0.3 is 20.1 Å². The van der Waals surface area contributed by atoms with Crippen LogP contribution in [0, 0.1) is 5.92 Å². The molecule has 0 aromatic carbocycles. The summed E-state index contributed by atoms with van der Waals surface area (Å²) in [5, 5.41) is 28.7. The molecular formula is C18H28O6. The molecule has 0 aliphatic carbocycles. The van der Waals surface area contributed by atoms with Crippen LogP contribution in [0.1, 0.15) is 51.9 Å². The van der Waals surface area contributed by atoms with Crippen molar-refractivity contribution in [1.82, 2.24) is 0 Å². The molecule has 1 aliphatic heterocycles. The molecule has 1 rings (SSSR count). The van der Waals surface area contributed by atoms with E-state index in [0.717, 1.165) is 19.3 Å². The van der Waals surface area contributed by atoms with E-state index in [1.807, 2.05) is 0 Å². The molecule has 0 aromatic rings. The lowest BCUT2D eigenvalue weighted by atomic mass is 9.87. The summed E-state index contributed by atoms with van der Waals surface area (Å²) in [6.45, 7) is 2.09. The Labute approximate surface area is 142 Å². The van der Waals surface area contributed by atoms with Gasteiger partial charge in [0.2, 0.25) is 0 Å². The van der Waals surface area contributed by atoms with Crippen LogP contribution in [-0.4, -0.2) is 45.6 Å². The summed E-state index contributed by atoms with van der Waals surface area (Å²) in [6, 6.07) is 0. The van der Waals surface area contributed by atoms with Gasteiger partial charge in [-0.2, -0.15) is 0 Å². The maximum Gasteiger partial charge on any atom is 0.309 e. The molecule has 0 bridgehead atoms. The van der Waals surface area contributed by atoms with E-state index >= 15 is 0 Å². The van der Waals surface area contributed by atoms with Crippen LogP contribution in [-0.2, 0) is 14.3 Å². The molecule has 1 heterocycles. The second-order valence-electron chi connectivity index (χ2n) is 6.14. The summed E-state index contributed by atoms with van der Waals surface area (Å²) in [6.07, 6.45) is 8.35. The first-order valence-corrected chi connectivity index (χ1v) is 8.54. The van der Waals surface area contributed by atoms with Gasteiger partial charge in [0.05, 0.1) is 25.0 Å². The number of allylic oxidation sites excluding steroid dienone is 1. The molecule has 0 amide bonds. The maximum atomic E-state index is 11.5. The summed E-state index contributed by atoms with van der Waals surface area (Å²) in [4.78, 5) is 22.0. The minimum Gasteiger partial charge on any atom is -0.481 e. The van der Waals surface area contributed by atoms with Crippen molar-refractivity contribution in [3.8, 4) is 0 Å². The highest BCUT2D eigenvalue weighted by Gasteiger charge is 2.35. The lowest BCUT2D eigenvalue weighted by molar-refractivity contribution is -0.163. The molecule has 6 nitrogen and oxygen atoms in total. The van der Waals surface area contributed by atoms with Crippen LogP contribution in [0.25, 0.3) is 0 Å². The molecule has 4 atom stereocenters. The van der Waals surface area contributed by atoms with E-state index in [1.165, 1.54) is 6.08 Å². The Morgan fingerprint density at radius 2 is 2.12 bits per heavy atom. The van der Waals surface area contributed by atoms with Crippen molar-refractivity contribution in [2.75, 3.05) is 0 Å². The highest BCUT2D eigenvalue weighted by Crippen LogP contribution is 2.27. The Hall–Kier alpha value is -1.66. The number of aliphatic carboxylic acids is 1. The Kier molecular flexibility index (Phi) is 9.34. The topological polar surface area (TPSA) is 104 Å². The first kappa shape index (κ1) is 20.4. The number of aliphatic hydroxyl groups is 2. The number of aliphatic hydroxyl groups excluding tert-OH is 2. The number of cyclic esters (lactones) is 1. The third-order valence-electron chi connectivity index (χ3n) is 4.05. The SMILES string of the molecule is CCCCC[C@H](O)/C=C/[C@H]1OC(=O)C[C@H](O)C1C/C=C\CC(=O)O. The van der Waals surface area contributed by atoms with Gasteiger partial charge in [-0.25, -0.2) is 0 Å². The zero-order valence-corrected chi connectivity index (χ0v) is 14.1. The average Bonchev–Trinajstić information content (AvgIpc) is 2.51. The molecule has 0 saturated carbocycles. The average molecular weight is 340 g/mol. The van der Waals surface area contributed by atoms with E-state index in [-0.39, 0.29) is 18.8 Å². The van der Waals surface area contributed by atoms with Gasteiger partial charge in [0.1, 0.15) is 6.10 Å². The summed E-state index contributed by atoms with van der Waals surface area (Å²) in [5.74, 6) is -1.73. The second kappa shape index (κ2) is 11.0. The minimum absolute atomic E-state index is 0.0686. The maximum absolute atomic E-state index is 11.5. The Morgan fingerprint density at radius 1 is 1.38 bits per heavy atom. The number of carbonyl (C=O) groups excluding carboxylic acids is 1. The van der Waals surface area contributed by atoms with Crippen molar-refractivity contribution < 1.29 is 29.6 Å². The molecule has 1 aliphatic rings. The van der Waals surface area contributed by atoms with Gasteiger partial charge >= 0.3 is 11.9 Å². The fourth-order valence-corrected chi connectivity index (χ4v) is 2.68. The van der Waals surface area contributed by atoms with E-state index in [1.54, 1.807) is 18.2 Å². The minimum atomic E-state index is -0.923. The third kappa shape index (κ3) is 7.75. The van der Waals surface area contributed by atoms with Crippen molar-refractivity contribution in [2.45, 2.75) is 70.2 Å². The van der Waals surface area contributed by atoms with Gasteiger partial charge in [0, 0.05) is 5.92 Å². The molecule has 1 unspecified atom stereocenters. The van der Waals surface area contributed by atoms with Gasteiger partial charge in [-0.15, -0.1) is 0 Å². The fraction of sp³-hybridized carbons (Fsp3) is 0.667. The number of carboxylic acid groups (broad SMARTS) is 1. The van der Waals surface area contributed by atoms with E-state index in [4.69, 9.17) is 9.84 Å². The normalized spacial score (nSPS) is 26.0. The van der Waals surface area contributed by atoms with Crippen molar-refractivity contribution in [3.63, 3.8) is 0 Å². The highest BCUT2D eigenvalue weighted by atomic mass is 16.5. The van der Waals surface area contributed by atoms with E-state index in [9.17, 15) is 19.8 Å². The van der Waals surface area contributed by atoms with Crippen LogP contribution in [0.2, 0.25) is 0 Å². The van der Waals surface area contributed by atoms with Gasteiger partial charge in [0.15, 0.2) is 0 Å². The van der Waals surface area contributed by atoms with Crippen LogP contribution in [0.4, 0.5) is 0 Å². The Bertz CT molecular complexity index is 456. The summed E-state index contributed by atoms with van der Waals surface area (Å²) < 4.78 is 5.28. The number of unbranched alkanes of at least 4 members (excludes halogenated alkanes) is 2. The molecule has 0 spiro atoms. The molecule has 1 saturated heterocycles. The van der Waals surface area contributed by atoms with Gasteiger partial charge in [-0.1, -0.05) is 44.4 Å². The molecular weight excluding hydrogens is 312 g/mol. The van der Waals surface area contributed by atoms with E-state index in [0.29, 0.717) is 12.8 Å². The molecule has 0 aromatic heterocycles. The first-order valence-electron chi connectivity index (χ1n) is 8.54.